The van der Waals surface area contributed by atoms with E-state index < -0.39 is 25.1 Å². The molecule has 0 spiro atoms. The maximum atomic E-state index is 12.7. The number of hydrogen-bond donors (Lipinski definition) is 3. The largest absolute Gasteiger partial charge is 0.379 e. The van der Waals surface area contributed by atoms with Gasteiger partial charge in [-0.15, -0.1) is 0 Å². The summed E-state index contributed by atoms with van der Waals surface area (Å²) in [4.78, 5) is 18.1. The average Bonchev–Trinajstić information content (AvgIpc) is 3.57. The number of nitrogens with zero attached hydrogens (tertiary/aromatic N) is 2. The Morgan fingerprint density at radius 2 is 1.48 bits per heavy atom. The second-order valence-electron chi connectivity index (χ2n) is 9.19. The first-order chi connectivity index (χ1) is 20.7. The van der Waals surface area contributed by atoms with Gasteiger partial charge in [0.05, 0.1) is 30.3 Å². The number of nitrogens with one attached hydrogen (secondary N) is 2. The number of fused-ring (bicyclic) bond motifs is 1. The van der Waals surface area contributed by atoms with Crippen molar-refractivity contribution in [1.29, 1.82) is 0 Å². The SMILES string of the molecule is O=C(NCCN1CCCC1)Nc1nc2ccc(OS(=O)(=O)c3c(Cl)cccc3Cl)cc2s1.O=S(=O)(O)c1c(Cl)cccc1Cl. The van der Waals surface area contributed by atoms with Crippen molar-refractivity contribution in [2.24, 2.45) is 0 Å². The molecule has 4 aromatic rings. The summed E-state index contributed by atoms with van der Waals surface area (Å²) in [5.41, 5.74) is 0.600. The van der Waals surface area contributed by atoms with Gasteiger partial charge in [-0.05, 0) is 62.3 Å². The molecule has 0 radical (unpaired) electrons. The molecule has 1 aliphatic rings. The summed E-state index contributed by atoms with van der Waals surface area (Å²) in [7, 11) is -8.56. The summed E-state index contributed by atoms with van der Waals surface area (Å²) >= 11 is 24.2. The smallest absolute Gasteiger partial charge is 0.342 e. The van der Waals surface area contributed by atoms with E-state index in [1.54, 1.807) is 12.1 Å². The number of benzene rings is 3. The van der Waals surface area contributed by atoms with E-state index in [2.05, 4.69) is 20.5 Å². The summed E-state index contributed by atoms with van der Waals surface area (Å²) in [6, 6.07) is 12.8. The molecule has 236 valence electrons. The summed E-state index contributed by atoms with van der Waals surface area (Å²) in [5, 5.41) is 5.68. The van der Waals surface area contributed by atoms with Crippen LogP contribution in [0.25, 0.3) is 10.2 Å². The van der Waals surface area contributed by atoms with E-state index in [0.29, 0.717) is 21.9 Å². The van der Waals surface area contributed by atoms with Crippen LogP contribution < -0.4 is 14.8 Å². The van der Waals surface area contributed by atoms with E-state index in [1.807, 2.05) is 0 Å². The van der Waals surface area contributed by atoms with Gasteiger partial charge in [0.25, 0.3) is 10.1 Å². The van der Waals surface area contributed by atoms with Crippen LogP contribution in [0.1, 0.15) is 12.8 Å². The summed E-state index contributed by atoms with van der Waals surface area (Å²) in [5.74, 6) is 0.0822. The van der Waals surface area contributed by atoms with Gasteiger partial charge in [0.15, 0.2) is 5.13 Å². The molecular weight excluding hydrogens is 718 g/mol. The molecular formula is C26H24Cl4N4O7S3. The van der Waals surface area contributed by atoms with E-state index in [0.717, 1.165) is 19.6 Å². The predicted molar refractivity (Wildman–Crippen MR) is 173 cm³/mol. The molecule has 0 atom stereocenters. The first-order valence-corrected chi connectivity index (χ1v) is 17.9. The summed E-state index contributed by atoms with van der Waals surface area (Å²) in [6.45, 7) is 3.52. The standard InChI is InChI=1S/C20H20Cl2N4O4S2.C6H4Cl2O3S/c21-14-4-3-5-15(22)18(14)32(28,29)30-13-6-7-16-17(12-13)31-20(24-16)25-19(27)23-8-11-26-9-1-2-10-26;7-4-2-1-3-5(8)6(4)12(9,10)11/h3-7,12H,1-2,8-11H2,(H2,23,24,25,27);1-3H,(H,9,10,11). The molecule has 0 saturated carbocycles. The Kier molecular flexibility index (Phi) is 11.6. The molecule has 2 amide bonds. The van der Waals surface area contributed by atoms with Gasteiger partial charge < -0.3 is 14.4 Å². The van der Waals surface area contributed by atoms with Crippen molar-refractivity contribution >= 4 is 99.4 Å². The van der Waals surface area contributed by atoms with Crippen LogP contribution in [0, 0.1) is 0 Å². The number of carbonyl (C=O) groups excluding carboxylic acids is 1. The second-order valence-corrected chi connectivity index (χ2v) is 14.7. The maximum Gasteiger partial charge on any atom is 0.342 e. The molecule has 5 rings (SSSR count). The monoisotopic (exact) mass is 740 g/mol. The van der Waals surface area contributed by atoms with Crippen LogP contribution >= 0.6 is 57.7 Å². The fourth-order valence-corrected chi connectivity index (χ4v) is 8.62. The highest BCUT2D eigenvalue weighted by atomic mass is 35.5. The van der Waals surface area contributed by atoms with E-state index >= 15 is 0 Å². The van der Waals surface area contributed by atoms with Crippen LogP contribution in [0.2, 0.25) is 20.1 Å². The lowest BCUT2D eigenvalue weighted by atomic mass is 10.3. The molecule has 3 N–H and O–H groups in total. The lowest BCUT2D eigenvalue weighted by Gasteiger charge is -2.14. The highest BCUT2D eigenvalue weighted by Crippen LogP contribution is 2.34. The Labute approximate surface area is 277 Å². The third kappa shape index (κ3) is 9.08. The van der Waals surface area contributed by atoms with Crippen LogP contribution in [-0.2, 0) is 20.2 Å². The van der Waals surface area contributed by atoms with Crippen molar-refractivity contribution in [2.75, 3.05) is 31.5 Å². The average molecular weight is 743 g/mol. The Hall–Kier alpha value is -2.40. The summed E-state index contributed by atoms with van der Waals surface area (Å²) in [6.07, 6.45) is 2.41. The van der Waals surface area contributed by atoms with Crippen molar-refractivity contribution < 1.29 is 30.4 Å². The minimum atomic E-state index is -4.33. The maximum absolute atomic E-state index is 12.7. The number of rotatable bonds is 8. The quantitative estimate of drug-likeness (QED) is 0.130. The van der Waals surface area contributed by atoms with E-state index in [4.69, 9.17) is 55.1 Å². The number of carbonyl (C=O) groups is 1. The summed E-state index contributed by atoms with van der Waals surface area (Å²) < 4.78 is 61.2. The number of aromatic nitrogens is 1. The molecule has 18 heteroatoms. The number of likely N-dealkylation sites (tertiary alicyclic amines) is 1. The third-order valence-corrected chi connectivity index (χ3v) is 11.0. The molecule has 44 heavy (non-hydrogen) atoms. The number of amides is 2. The van der Waals surface area contributed by atoms with Crippen molar-refractivity contribution in [3.63, 3.8) is 0 Å². The molecule has 0 unspecified atom stereocenters. The highest BCUT2D eigenvalue weighted by Gasteiger charge is 2.24. The fraction of sp³-hybridized carbons (Fsp3) is 0.231. The van der Waals surface area contributed by atoms with Gasteiger partial charge in [0, 0.05) is 19.2 Å². The molecule has 11 nitrogen and oxygen atoms in total. The van der Waals surface area contributed by atoms with Gasteiger partial charge in [-0.1, -0.05) is 69.9 Å². The Bertz CT molecular complexity index is 1840. The second kappa shape index (κ2) is 14.8. The van der Waals surface area contributed by atoms with Gasteiger partial charge in [0.1, 0.15) is 15.5 Å². The zero-order valence-corrected chi connectivity index (χ0v) is 27.9. The van der Waals surface area contributed by atoms with Crippen LogP contribution in [0.3, 0.4) is 0 Å². The number of halogens is 4. The van der Waals surface area contributed by atoms with E-state index in [-0.39, 0.29) is 36.8 Å². The number of urea groups is 1. The van der Waals surface area contributed by atoms with Gasteiger partial charge in [-0.3, -0.25) is 9.87 Å². The van der Waals surface area contributed by atoms with Crippen LogP contribution in [0.4, 0.5) is 9.93 Å². The minimum Gasteiger partial charge on any atom is -0.379 e. The van der Waals surface area contributed by atoms with E-state index in [9.17, 15) is 21.6 Å². The normalized spacial score (nSPS) is 13.8. The molecule has 1 saturated heterocycles. The van der Waals surface area contributed by atoms with Crippen molar-refractivity contribution in [2.45, 2.75) is 22.6 Å². The van der Waals surface area contributed by atoms with E-state index in [1.165, 1.54) is 66.6 Å². The number of thiazole rings is 1. The molecule has 0 bridgehead atoms. The molecule has 0 aliphatic carbocycles. The number of anilines is 1. The predicted octanol–water partition coefficient (Wildman–Crippen LogP) is 6.83. The van der Waals surface area contributed by atoms with Crippen LogP contribution in [0.5, 0.6) is 5.75 Å². The van der Waals surface area contributed by atoms with Gasteiger partial charge >= 0.3 is 16.1 Å². The molecule has 1 aromatic heterocycles. The Morgan fingerprint density at radius 1 is 0.909 bits per heavy atom. The lowest BCUT2D eigenvalue weighted by Crippen LogP contribution is -2.35. The van der Waals surface area contributed by atoms with Crippen molar-refractivity contribution in [3.05, 3.63) is 74.7 Å². The van der Waals surface area contributed by atoms with Crippen molar-refractivity contribution in [3.8, 4) is 5.75 Å². The number of hydrogen-bond acceptors (Lipinski definition) is 9. The first-order valence-electron chi connectivity index (χ1n) is 12.7. The fourth-order valence-electron chi connectivity index (χ4n) is 4.10. The van der Waals surface area contributed by atoms with Gasteiger partial charge in [-0.25, -0.2) is 9.78 Å². The Morgan fingerprint density at radius 3 is 2.02 bits per heavy atom. The Balaban J connectivity index is 0.000000309. The minimum absolute atomic E-state index is 0.0291. The van der Waals surface area contributed by atoms with Crippen LogP contribution in [0.15, 0.2) is 64.4 Å². The zero-order valence-electron chi connectivity index (χ0n) is 22.5. The lowest BCUT2D eigenvalue weighted by molar-refractivity contribution is 0.249. The first kappa shape index (κ1) is 34.5. The third-order valence-electron chi connectivity index (χ3n) is 6.04. The van der Waals surface area contributed by atoms with Crippen molar-refractivity contribution in [1.82, 2.24) is 15.2 Å². The molecule has 1 fully saturated rings. The van der Waals surface area contributed by atoms with Gasteiger partial charge in [0.2, 0.25) is 0 Å². The topological polar surface area (TPSA) is 155 Å². The van der Waals surface area contributed by atoms with Crippen LogP contribution in [-0.4, -0.2) is 63.5 Å². The molecule has 3 aromatic carbocycles. The highest BCUT2D eigenvalue weighted by molar-refractivity contribution is 7.87. The zero-order chi connectivity index (χ0) is 32.1. The van der Waals surface area contributed by atoms with Gasteiger partial charge in [-0.2, -0.15) is 16.8 Å². The molecule has 1 aliphatic heterocycles. The molecule has 2 heterocycles.